The van der Waals surface area contributed by atoms with Crippen molar-refractivity contribution in [3.8, 4) is 17.2 Å². The average molecular weight is 293 g/mol. The second-order valence-electron chi connectivity index (χ2n) is 5.74. The highest BCUT2D eigenvalue weighted by atomic mass is 16.5. The van der Waals surface area contributed by atoms with Gasteiger partial charge in [-0.3, -0.25) is 0 Å². The Morgan fingerprint density at radius 1 is 0.905 bits per heavy atom. The number of rotatable bonds is 5. The van der Waals surface area contributed by atoms with E-state index in [2.05, 4.69) is 0 Å². The molecule has 0 bridgehead atoms. The lowest BCUT2D eigenvalue weighted by Gasteiger charge is -2.24. The van der Waals surface area contributed by atoms with Crippen LogP contribution >= 0.6 is 0 Å². The zero-order valence-electron chi connectivity index (χ0n) is 13.4. The highest BCUT2D eigenvalue weighted by Gasteiger charge is 2.23. The van der Waals surface area contributed by atoms with E-state index < -0.39 is 0 Å². The van der Waals surface area contributed by atoms with Crippen molar-refractivity contribution in [3.63, 3.8) is 0 Å². The minimum absolute atomic E-state index is 0.0248. The van der Waals surface area contributed by atoms with Crippen molar-refractivity contribution >= 4 is 0 Å². The Balaban J connectivity index is 2.29. The summed E-state index contributed by atoms with van der Waals surface area (Å²) in [4.78, 5) is 0. The van der Waals surface area contributed by atoms with E-state index in [1.807, 2.05) is 12.1 Å². The Morgan fingerprint density at radius 3 is 1.86 bits per heavy atom. The number of ether oxygens (including phenoxy) is 3. The molecular formula is C17H27NO3. The molecule has 1 fully saturated rings. The quantitative estimate of drug-likeness (QED) is 0.841. The first kappa shape index (κ1) is 16.0. The van der Waals surface area contributed by atoms with Crippen molar-refractivity contribution in [2.45, 2.75) is 44.6 Å². The summed E-state index contributed by atoms with van der Waals surface area (Å²) < 4.78 is 16.2. The Kier molecular flexibility index (Phi) is 5.74. The summed E-state index contributed by atoms with van der Waals surface area (Å²) in [5.41, 5.74) is 7.59. The Morgan fingerprint density at radius 2 is 1.43 bits per heavy atom. The molecule has 0 spiro atoms. The number of benzene rings is 1. The van der Waals surface area contributed by atoms with Gasteiger partial charge in [0.2, 0.25) is 5.75 Å². The minimum atomic E-state index is 0.0248. The lowest BCUT2D eigenvalue weighted by atomic mass is 9.87. The van der Waals surface area contributed by atoms with Crippen molar-refractivity contribution in [1.29, 1.82) is 0 Å². The monoisotopic (exact) mass is 293 g/mol. The third-order valence-corrected chi connectivity index (χ3v) is 4.48. The highest BCUT2D eigenvalue weighted by Crippen LogP contribution is 2.41. The van der Waals surface area contributed by atoms with Gasteiger partial charge in [-0.2, -0.15) is 0 Å². The molecule has 4 heteroatoms. The zero-order chi connectivity index (χ0) is 15.2. The van der Waals surface area contributed by atoms with E-state index in [-0.39, 0.29) is 6.04 Å². The number of hydrogen-bond acceptors (Lipinski definition) is 4. The summed E-state index contributed by atoms with van der Waals surface area (Å²) in [7, 11) is 4.89. The predicted octanol–water partition coefficient (Wildman–Crippen LogP) is 3.68. The second kappa shape index (κ2) is 7.55. The number of methoxy groups -OCH3 is 3. The molecule has 1 unspecified atom stereocenters. The number of hydrogen-bond donors (Lipinski definition) is 1. The summed E-state index contributed by atoms with van der Waals surface area (Å²) in [5, 5.41) is 0. The third-order valence-electron chi connectivity index (χ3n) is 4.48. The Bertz CT molecular complexity index is 428. The maximum Gasteiger partial charge on any atom is 0.203 e. The molecule has 2 N–H and O–H groups in total. The molecule has 0 heterocycles. The van der Waals surface area contributed by atoms with Crippen LogP contribution in [0.5, 0.6) is 17.2 Å². The smallest absolute Gasteiger partial charge is 0.203 e. The predicted molar refractivity (Wildman–Crippen MR) is 84.2 cm³/mol. The lowest BCUT2D eigenvalue weighted by molar-refractivity contribution is 0.321. The fourth-order valence-corrected chi connectivity index (χ4v) is 3.24. The molecule has 0 aromatic heterocycles. The average Bonchev–Trinajstić information content (AvgIpc) is 2.81. The van der Waals surface area contributed by atoms with Crippen LogP contribution in [0.2, 0.25) is 0 Å². The fraction of sp³-hybridized carbons (Fsp3) is 0.647. The molecule has 2 rings (SSSR count). The Labute approximate surface area is 127 Å². The standard InChI is InChI=1S/C17H27NO3/c1-19-14-10-13(11-15(20-2)17(14)21-3)16(18)12-8-6-4-5-7-9-12/h10-12,16H,4-9,18H2,1-3H3. The molecule has 1 aromatic carbocycles. The van der Waals surface area contributed by atoms with Gasteiger partial charge in [-0.15, -0.1) is 0 Å². The van der Waals surface area contributed by atoms with E-state index in [1.54, 1.807) is 21.3 Å². The molecule has 1 aromatic rings. The molecule has 0 saturated heterocycles. The summed E-state index contributed by atoms with van der Waals surface area (Å²) >= 11 is 0. The van der Waals surface area contributed by atoms with Crippen molar-refractivity contribution in [3.05, 3.63) is 17.7 Å². The molecule has 1 saturated carbocycles. The van der Waals surface area contributed by atoms with Crippen molar-refractivity contribution < 1.29 is 14.2 Å². The molecule has 118 valence electrons. The summed E-state index contributed by atoms with van der Waals surface area (Å²) in [6.07, 6.45) is 7.64. The molecule has 1 aliphatic carbocycles. The first-order valence-corrected chi connectivity index (χ1v) is 7.76. The summed E-state index contributed by atoms with van der Waals surface area (Å²) in [5.74, 6) is 2.51. The summed E-state index contributed by atoms with van der Waals surface area (Å²) in [6.45, 7) is 0. The van der Waals surface area contributed by atoms with Gasteiger partial charge in [0.25, 0.3) is 0 Å². The van der Waals surface area contributed by atoms with E-state index in [1.165, 1.54) is 38.5 Å². The zero-order valence-corrected chi connectivity index (χ0v) is 13.4. The topological polar surface area (TPSA) is 53.7 Å². The van der Waals surface area contributed by atoms with Crippen LogP contribution in [-0.4, -0.2) is 21.3 Å². The first-order valence-electron chi connectivity index (χ1n) is 7.76. The summed E-state index contributed by atoms with van der Waals surface area (Å²) in [6, 6.07) is 3.99. The fourth-order valence-electron chi connectivity index (χ4n) is 3.24. The van der Waals surface area contributed by atoms with E-state index in [0.29, 0.717) is 23.2 Å². The van der Waals surface area contributed by atoms with Gasteiger partial charge in [-0.1, -0.05) is 25.7 Å². The largest absolute Gasteiger partial charge is 0.493 e. The Hall–Kier alpha value is -1.42. The van der Waals surface area contributed by atoms with Crippen LogP contribution in [0.1, 0.15) is 50.1 Å². The maximum atomic E-state index is 6.53. The van der Waals surface area contributed by atoms with Crippen molar-refractivity contribution in [2.24, 2.45) is 11.7 Å². The van der Waals surface area contributed by atoms with Gasteiger partial charge in [-0.25, -0.2) is 0 Å². The van der Waals surface area contributed by atoms with Gasteiger partial charge in [0.05, 0.1) is 21.3 Å². The van der Waals surface area contributed by atoms with Crippen LogP contribution in [0.15, 0.2) is 12.1 Å². The SMILES string of the molecule is COc1cc(C(N)C2CCCCCC2)cc(OC)c1OC. The van der Waals surface area contributed by atoms with Gasteiger partial charge in [-0.05, 0) is 36.5 Å². The van der Waals surface area contributed by atoms with Crippen LogP contribution < -0.4 is 19.9 Å². The normalized spacial score (nSPS) is 17.9. The first-order chi connectivity index (χ1) is 10.2. The van der Waals surface area contributed by atoms with E-state index in [4.69, 9.17) is 19.9 Å². The molecule has 0 radical (unpaired) electrons. The van der Waals surface area contributed by atoms with Gasteiger partial charge in [0.1, 0.15) is 0 Å². The van der Waals surface area contributed by atoms with Crippen LogP contribution in [0.25, 0.3) is 0 Å². The van der Waals surface area contributed by atoms with Gasteiger partial charge >= 0.3 is 0 Å². The molecule has 1 atom stereocenters. The van der Waals surface area contributed by atoms with E-state index in [0.717, 1.165) is 5.56 Å². The third kappa shape index (κ3) is 3.62. The van der Waals surface area contributed by atoms with E-state index in [9.17, 15) is 0 Å². The molecule has 1 aliphatic rings. The molecule has 21 heavy (non-hydrogen) atoms. The molecule has 0 aliphatic heterocycles. The number of nitrogens with two attached hydrogens (primary N) is 1. The molecular weight excluding hydrogens is 266 g/mol. The lowest BCUT2D eigenvalue weighted by Crippen LogP contribution is -2.21. The van der Waals surface area contributed by atoms with Crippen LogP contribution in [0, 0.1) is 5.92 Å². The van der Waals surface area contributed by atoms with Crippen LogP contribution in [0.4, 0.5) is 0 Å². The molecule has 0 amide bonds. The van der Waals surface area contributed by atoms with Crippen molar-refractivity contribution in [2.75, 3.05) is 21.3 Å². The molecule has 4 nitrogen and oxygen atoms in total. The van der Waals surface area contributed by atoms with Crippen LogP contribution in [0.3, 0.4) is 0 Å². The van der Waals surface area contributed by atoms with Gasteiger partial charge < -0.3 is 19.9 Å². The van der Waals surface area contributed by atoms with Gasteiger partial charge in [0, 0.05) is 6.04 Å². The van der Waals surface area contributed by atoms with Gasteiger partial charge in [0.15, 0.2) is 11.5 Å². The second-order valence-corrected chi connectivity index (χ2v) is 5.74. The van der Waals surface area contributed by atoms with Crippen LogP contribution in [-0.2, 0) is 0 Å². The minimum Gasteiger partial charge on any atom is -0.493 e. The van der Waals surface area contributed by atoms with E-state index >= 15 is 0 Å². The highest BCUT2D eigenvalue weighted by molar-refractivity contribution is 5.54. The maximum absolute atomic E-state index is 6.53. The van der Waals surface area contributed by atoms with Crippen molar-refractivity contribution in [1.82, 2.24) is 0 Å².